The van der Waals surface area contributed by atoms with Crippen LogP contribution in [-0.2, 0) is 23.4 Å². The summed E-state index contributed by atoms with van der Waals surface area (Å²) < 4.78 is 12.6. The molecule has 1 N–H and O–H groups in total. The van der Waals surface area contributed by atoms with E-state index in [2.05, 4.69) is 87.5 Å². The van der Waals surface area contributed by atoms with Crippen LogP contribution >= 0.6 is 0 Å². The van der Waals surface area contributed by atoms with Crippen molar-refractivity contribution in [2.45, 2.75) is 116 Å². The Morgan fingerprint density at radius 1 is 0.805 bits per heavy atom. The molecule has 0 saturated heterocycles. The van der Waals surface area contributed by atoms with Crippen LogP contribution in [-0.4, -0.2) is 17.8 Å². The van der Waals surface area contributed by atoms with E-state index >= 15 is 0 Å². The third kappa shape index (κ3) is 9.72. The van der Waals surface area contributed by atoms with Crippen molar-refractivity contribution >= 4 is 0 Å². The van der Waals surface area contributed by atoms with Crippen LogP contribution in [0.3, 0.4) is 0 Å². The van der Waals surface area contributed by atoms with Gasteiger partial charge in [-0.05, 0) is 84.1 Å². The van der Waals surface area contributed by atoms with Gasteiger partial charge in [0, 0.05) is 6.61 Å². The summed E-state index contributed by atoms with van der Waals surface area (Å²) in [6, 6.07) is 27.8. The van der Waals surface area contributed by atoms with Crippen LogP contribution in [0, 0.1) is 5.92 Å². The Morgan fingerprint density at radius 2 is 1.51 bits per heavy atom. The summed E-state index contributed by atoms with van der Waals surface area (Å²) in [5.41, 5.74) is 5.11. The molecule has 0 spiro atoms. The van der Waals surface area contributed by atoms with Crippen molar-refractivity contribution in [3.05, 3.63) is 101 Å². The molecular weight excluding hydrogens is 504 g/mol. The summed E-state index contributed by atoms with van der Waals surface area (Å²) in [4.78, 5) is 0. The second-order valence-electron chi connectivity index (χ2n) is 12.7. The lowest BCUT2D eigenvalue weighted by Gasteiger charge is -2.36. The van der Waals surface area contributed by atoms with E-state index in [1.807, 2.05) is 12.1 Å². The largest absolute Gasteiger partial charge is 0.489 e. The molecule has 3 unspecified atom stereocenters. The van der Waals surface area contributed by atoms with Crippen molar-refractivity contribution in [3.8, 4) is 5.75 Å². The first-order valence-electron chi connectivity index (χ1n) is 16.1. The van der Waals surface area contributed by atoms with Crippen molar-refractivity contribution in [3.63, 3.8) is 0 Å². The lowest BCUT2D eigenvalue weighted by atomic mass is 9.71. The van der Waals surface area contributed by atoms with E-state index < -0.39 is 0 Å². The van der Waals surface area contributed by atoms with Crippen molar-refractivity contribution < 1.29 is 14.6 Å². The number of hydrogen-bond acceptors (Lipinski definition) is 3. The summed E-state index contributed by atoms with van der Waals surface area (Å²) in [6.07, 6.45) is 10.9. The van der Waals surface area contributed by atoms with Crippen molar-refractivity contribution in [1.82, 2.24) is 0 Å². The maximum absolute atomic E-state index is 10.8. The van der Waals surface area contributed by atoms with Gasteiger partial charge in [0.05, 0.1) is 12.7 Å². The van der Waals surface area contributed by atoms with Crippen LogP contribution < -0.4 is 4.74 Å². The highest BCUT2D eigenvalue weighted by Crippen LogP contribution is 2.45. The van der Waals surface area contributed by atoms with E-state index in [0.29, 0.717) is 25.0 Å². The molecule has 0 amide bonds. The standard InChI is InChI=1S/C38H52O3/c1-4-5-6-13-24-38(2,3)33-21-23-35(37(26-33)41-29-31-17-11-8-12-18-31)36-27-34(39)22-20-32(36)19-14-25-40-28-30-15-9-7-10-16-30/h7-12,15-18,21,23,26,32,34,36,39H,4-6,13-14,19-20,22,24-25,27-29H2,1-3H3. The third-order valence-corrected chi connectivity index (χ3v) is 9.03. The van der Waals surface area contributed by atoms with E-state index in [1.54, 1.807) is 0 Å². The summed E-state index contributed by atoms with van der Waals surface area (Å²) >= 11 is 0. The average Bonchev–Trinajstić information content (AvgIpc) is 2.99. The Bertz CT molecular complexity index is 1140. The summed E-state index contributed by atoms with van der Waals surface area (Å²) in [5, 5.41) is 10.8. The fraction of sp³-hybridized carbons (Fsp3) is 0.526. The highest BCUT2D eigenvalue weighted by atomic mass is 16.5. The number of rotatable bonds is 16. The third-order valence-electron chi connectivity index (χ3n) is 9.03. The second-order valence-corrected chi connectivity index (χ2v) is 12.7. The molecule has 3 aromatic rings. The van der Waals surface area contributed by atoms with Gasteiger partial charge in [-0.3, -0.25) is 0 Å². The smallest absolute Gasteiger partial charge is 0.123 e. The zero-order chi connectivity index (χ0) is 28.9. The van der Waals surface area contributed by atoms with Crippen LogP contribution in [0.2, 0.25) is 0 Å². The fourth-order valence-corrected chi connectivity index (χ4v) is 6.41. The first-order valence-corrected chi connectivity index (χ1v) is 16.1. The monoisotopic (exact) mass is 556 g/mol. The minimum absolute atomic E-state index is 0.0959. The lowest BCUT2D eigenvalue weighted by Crippen LogP contribution is -2.27. The SMILES string of the molecule is CCCCCCC(C)(C)c1ccc(C2CC(O)CCC2CCCOCc2ccccc2)c(OCc2ccccc2)c1. The molecule has 4 rings (SSSR count). The number of aliphatic hydroxyl groups excluding tert-OH is 1. The maximum Gasteiger partial charge on any atom is 0.123 e. The zero-order valence-electron chi connectivity index (χ0n) is 25.7. The normalized spacial score (nSPS) is 19.3. The molecule has 3 atom stereocenters. The van der Waals surface area contributed by atoms with E-state index in [4.69, 9.17) is 9.47 Å². The molecule has 3 heteroatoms. The summed E-state index contributed by atoms with van der Waals surface area (Å²) in [6.45, 7) is 9.01. The predicted octanol–water partition coefficient (Wildman–Crippen LogP) is 9.76. The highest BCUT2D eigenvalue weighted by molar-refractivity contribution is 5.43. The Morgan fingerprint density at radius 3 is 2.22 bits per heavy atom. The van der Waals surface area contributed by atoms with Crippen LogP contribution in [0.15, 0.2) is 78.9 Å². The van der Waals surface area contributed by atoms with E-state index in [0.717, 1.165) is 44.5 Å². The molecule has 3 nitrogen and oxygen atoms in total. The molecule has 0 heterocycles. The first kappa shape index (κ1) is 31.3. The summed E-state index contributed by atoms with van der Waals surface area (Å²) in [7, 11) is 0. The summed E-state index contributed by atoms with van der Waals surface area (Å²) in [5.74, 6) is 1.81. The van der Waals surface area contributed by atoms with Gasteiger partial charge in [-0.15, -0.1) is 0 Å². The van der Waals surface area contributed by atoms with Crippen LogP contribution in [0.1, 0.15) is 113 Å². The number of aliphatic hydroxyl groups is 1. The van der Waals surface area contributed by atoms with Crippen LogP contribution in [0.5, 0.6) is 5.75 Å². The van der Waals surface area contributed by atoms with Crippen LogP contribution in [0.25, 0.3) is 0 Å². The Hall–Kier alpha value is -2.62. The van der Waals surface area contributed by atoms with Crippen molar-refractivity contribution in [2.24, 2.45) is 5.92 Å². The molecule has 1 aliphatic rings. The van der Waals surface area contributed by atoms with Crippen LogP contribution in [0.4, 0.5) is 0 Å². The average molecular weight is 557 g/mol. The predicted molar refractivity (Wildman–Crippen MR) is 170 cm³/mol. The minimum Gasteiger partial charge on any atom is -0.489 e. The molecule has 41 heavy (non-hydrogen) atoms. The molecule has 3 aromatic carbocycles. The van der Waals surface area contributed by atoms with Gasteiger partial charge >= 0.3 is 0 Å². The number of benzene rings is 3. The van der Waals surface area contributed by atoms with Gasteiger partial charge in [0.1, 0.15) is 12.4 Å². The van der Waals surface area contributed by atoms with Crippen molar-refractivity contribution in [2.75, 3.05) is 6.61 Å². The lowest BCUT2D eigenvalue weighted by molar-refractivity contribution is 0.0788. The highest BCUT2D eigenvalue weighted by Gasteiger charge is 2.33. The quantitative estimate of drug-likeness (QED) is 0.178. The number of ether oxygens (including phenoxy) is 2. The minimum atomic E-state index is -0.248. The molecule has 1 fully saturated rings. The molecule has 0 radical (unpaired) electrons. The van der Waals surface area contributed by atoms with Gasteiger partial charge in [-0.2, -0.15) is 0 Å². The zero-order valence-corrected chi connectivity index (χ0v) is 25.7. The van der Waals surface area contributed by atoms with E-state index in [-0.39, 0.29) is 11.5 Å². The van der Waals surface area contributed by atoms with E-state index in [9.17, 15) is 5.11 Å². The molecule has 1 aliphatic carbocycles. The first-order chi connectivity index (χ1) is 20.0. The Balaban J connectivity index is 1.48. The van der Waals surface area contributed by atoms with Crippen molar-refractivity contribution in [1.29, 1.82) is 0 Å². The van der Waals surface area contributed by atoms with Gasteiger partial charge < -0.3 is 14.6 Å². The van der Waals surface area contributed by atoms with Gasteiger partial charge in [0.2, 0.25) is 0 Å². The van der Waals surface area contributed by atoms with Gasteiger partial charge in [-0.1, -0.05) is 119 Å². The Kier molecular flexibility index (Phi) is 12.3. The number of unbranched alkanes of at least 4 members (excludes halogenated alkanes) is 3. The molecule has 0 aliphatic heterocycles. The molecular formula is C38H52O3. The Labute approximate surface area is 249 Å². The second kappa shape index (κ2) is 16.1. The van der Waals surface area contributed by atoms with Gasteiger partial charge in [-0.25, -0.2) is 0 Å². The molecule has 222 valence electrons. The number of hydrogen-bond donors (Lipinski definition) is 1. The molecule has 0 aromatic heterocycles. The van der Waals surface area contributed by atoms with Gasteiger partial charge in [0.25, 0.3) is 0 Å². The van der Waals surface area contributed by atoms with Gasteiger partial charge in [0.15, 0.2) is 0 Å². The van der Waals surface area contributed by atoms with E-state index in [1.165, 1.54) is 54.4 Å². The topological polar surface area (TPSA) is 38.7 Å². The fourth-order valence-electron chi connectivity index (χ4n) is 6.41. The maximum atomic E-state index is 10.8. The molecule has 0 bridgehead atoms. The molecule has 1 saturated carbocycles.